The maximum Gasteiger partial charge on any atom is 0.227 e. The van der Waals surface area contributed by atoms with Gasteiger partial charge in [-0.25, -0.2) is 4.98 Å². The van der Waals surface area contributed by atoms with Gasteiger partial charge in [-0.2, -0.15) is 4.98 Å². The molecule has 146 valence electrons. The molecule has 4 aromatic rings. The van der Waals surface area contributed by atoms with Gasteiger partial charge in [-0.3, -0.25) is 4.79 Å². The molecule has 29 heavy (non-hydrogen) atoms. The zero-order valence-corrected chi connectivity index (χ0v) is 17.0. The molecule has 0 saturated heterocycles. The van der Waals surface area contributed by atoms with Gasteiger partial charge in [-0.1, -0.05) is 47.6 Å². The van der Waals surface area contributed by atoms with Gasteiger partial charge < -0.3 is 9.84 Å². The summed E-state index contributed by atoms with van der Waals surface area (Å²) in [5, 5.41) is 9.35. The number of thiazole rings is 1. The van der Waals surface area contributed by atoms with Crippen molar-refractivity contribution in [3.8, 4) is 22.6 Å². The first-order valence-corrected chi connectivity index (χ1v) is 10.2. The molecule has 4 rings (SSSR count). The highest BCUT2D eigenvalue weighted by Crippen LogP contribution is 2.26. The molecular formula is C22H20N4O2S. The number of aryl methyl sites for hydroxylation is 3. The van der Waals surface area contributed by atoms with Crippen LogP contribution in [0.2, 0.25) is 0 Å². The fraction of sp³-hybridized carbons (Fsp3) is 0.182. The van der Waals surface area contributed by atoms with E-state index in [2.05, 4.69) is 46.4 Å². The van der Waals surface area contributed by atoms with E-state index in [1.165, 1.54) is 22.5 Å². The smallest absolute Gasteiger partial charge is 0.227 e. The Morgan fingerprint density at radius 3 is 2.66 bits per heavy atom. The van der Waals surface area contributed by atoms with Crippen LogP contribution in [0.5, 0.6) is 0 Å². The van der Waals surface area contributed by atoms with Crippen molar-refractivity contribution in [2.45, 2.75) is 26.7 Å². The van der Waals surface area contributed by atoms with Crippen LogP contribution in [0.3, 0.4) is 0 Å². The quantitative estimate of drug-likeness (QED) is 0.486. The lowest BCUT2D eigenvalue weighted by molar-refractivity contribution is -0.116. The van der Waals surface area contributed by atoms with Gasteiger partial charge in [0.15, 0.2) is 5.13 Å². The van der Waals surface area contributed by atoms with E-state index in [1.807, 2.05) is 41.8 Å². The van der Waals surface area contributed by atoms with E-state index in [0.717, 1.165) is 16.8 Å². The van der Waals surface area contributed by atoms with Gasteiger partial charge in [0.2, 0.25) is 17.6 Å². The Morgan fingerprint density at radius 2 is 1.86 bits per heavy atom. The summed E-state index contributed by atoms with van der Waals surface area (Å²) >= 11 is 1.41. The molecule has 2 aromatic carbocycles. The maximum absolute atomic E-state index is 12.3. The number of amides is 1. The standard InChI is InChI=1S/C22H20N4O2S/c1-14-8-9-17(12-15(14)2)18-13-29-22(23-18)24-19(27)10-11-20-25-21(26-28-20)16-6-4-3-5-7-16/h3-9,12-13H,10-11H2,1-2H3,(H,23,24,27). The Morgan fingerprint density at radius 1 is 1.03 bits per heavy atom. The van der Waals surface area contributed by atoms with Crippen molar-refractivity contribution in [3.05, 3.63) is 70.9 Å². The van der Waals surface area contributed by atoms with Crippen LogP contribution in [0.1, 0.15) is 23.4 Å². The minimum absolute atomic E-state index is 0.134. The van der Waals surface area contributed by atoms with E-state index in [-0.39, 0.29) is 12.3 Å². The second-order valence-corrected chi connectivity index (χ2v) is 7.62. The number of benzene rings is 2. The van der Waals surface area contributed by atoms with Gasteiger partial charge in [-0.05, 0) is 31.0 Å². The largest absolute Gasteiger partial charge is 0.339 e. The monoisotopic (exact) mass is 404 g/mol. The van der Waals surface area contributed by atoms with E-state index >= 15 is 0 Å². The number of carbonyl (C=O) groups excluding carboxylic acids is 1. The third kappa shape index (κ3) is 4.57. The number of rotatable bonds is 6. The number of anilines is 1. The second kappa shape index (κ2) is 8.36. The summed E-state index contributed by atoms with van der Waals surface area (Å²) in [7, 11) is 0. The lowest BCUT2D eigenvalue weighted by atomic mass is 10.1. The SMILES string of the molecule is Cc1ccc(-c2csc(NC(=O)CCc3nc(-c4ccccc4)no3)n2)cc1C. The molecule has 0 saturated carbocycles. The number of hydrogen-bond donors (Lipinski definition) is 1. The predicted molar refractivity (Wildman–Crippen MR) is 114 cm³/mol. The van der Waals surface area contributed by atoms with Crippen molar-refractivity contribution in [2.24, 2.45) is 0 Å². The predicted octanol–water partition coefficient (Wildman–Crippen LogP) is 5.05. The minimum atomic E-state index is -0.134. The molecule has 0 unspecified atom stereocenters. The van der Waals surface area contributed by atoms with Crippen LogP contribution in [0.4, 0.5) is 5.13 Å². The summed E-state index contributed by atoms with van der Waals surface area (Å²) in [4.78, 5) is 21.1. The first-order valence-electron chi connectivity index (χ1n) is 9.29. The molecule has 0 bridgehead atoms. The number of carbonyl (C=O) groups is 1. The summed E-state index contributed by atoms with van der Waals surface area (Å²) in [6.07, 6.45) is 0.621. The summed E-state index contributed by atoms with van der Waals surface area (Å²) < 4.78 is 5.25. The van der Waals surface area contributed by atoms with Crippen molar-refractivity contribution < 1.29 is 9.32 Å². The van der Waals surface area contributed by atoms with E-state index in [1.54, 1.807) is 0 Å². The van der Waals surface area contributed by atoms with Gasteiger partial charge in [0, 0.05) is 29.3 Å². The third-order valence-electron chi connectivity index (χ3n) is 4.62. The van der Waals surface area contributed by atoms with Crippen molar-refractivity contribution in [1.82, 2.24) is 15.1 Å². The van der Waals surface area contributed by atoms with Crippen LogP contribution in [0.25, 0.3) is 22.6 Å². The molecule has 1 N–H and O–H groups in total. The Hall–Kier alpha value is -3.32. The van der Waals surface area contributed by atoms with E-state index in [4.69, 9.17) is 4.52 Å². The van der Waals surface area contributed by atoms with E-state index in [9.17, 15) is 4.79 Å². The number of nitrogens with one attached hydrogen (secondary N) is 1. The summed E-state index contributed by atoms with van der Waals surface area (Å²) in [6.45, 7) is 4.16. The van der Waals surface area contributed by atoms with Crippen LogP contribution in [0.15, 0.2) is 58.4 Å². The molecule has 1 amide bonds. The lowest BCUT2D eigenvalue weighted by Crippen LogP contribution is -2.12. The molecule has 0 atom stereocenters. The average Bonchev–Trinajstić information content (AvgIpc) is 3.39. The lowest BCUT2D eigenvalue weighted by Gasteiger charge is -2.02. The second-order valence-electron chi connectivity index (χ2n) is 6.76. The van der Waals surface area contributed by atoms with E-state index < -0.39 is 0 Å². The summed E-state index contributed by atoms with van der Waals surface area (Å²) in [5.41, 5.74) is 5.25. The average molecular weight is 404 g/mol. The maximum atomic E-state index is 12.3. The Balaban J connectivity index is 1.34. The van der Waals surface area contributed by atoms with Crippen molar-refractivity contribution >= 4 is 22.4 Å². The van der Waals surface area contributed by atoms with Crippen LogP contribution in [-0.4, -0.2) is 21.0 Å². The molecular weight excluding hydrogens is 384 g/mol. The molecule has 0 spiro atoms. The van der Waals surface area contributed by atoms with Gasteiger partial charge in [0.25, 0.3) is 0 Å². The molecule has 0 radical (unpaired) electrons. The molecule has 7 heteroatoms. The Bertz CT molecular complexity index is 1130. The molecule has 6 nitrogen and oxygen atoms in total. The molecule has 2 heterocycles. The zero-order valence-electron chi connectivity index (χ0n) is 16.2. The number of nitrogens with zero attached hydrogens (tertiary/aromatic N) is 3. The summed E-state index contributed by atoms with van der Waals surface area (Å²) in [5.74, 6) is 0.832. The summed E-state index contributed by atoms with van der Waals surface area (Å²) in [6, 6.07) is 15.8. The van der Waals surface area contributed by atoms with Gasteiger partial charge >= 0.3 is 0 Å². The molecule has 0 aliphatic rings. The molecule has 0 aliphatic heterocycles. The van der Waals surface area contributed by atoms with Crippen LogP contribution in [-0.2, 0) is 11.2 Å². The van der Waals surface area contributed by atoms with Crippen LogP contribution in [0, 0.1) is 13.8 Å². The third-order valence-corrected chi connectivity index (χ3v) is 5.38. The topological polar surface area (TPSA) is 80.9 Å². The minimum Gasteiger partial charge on any atom is -0.339 e. The Kier molecular flexibility index (Phi) is 5.48. The highest BCUT2D eigenvalue weighted by Gasteiger charge is 2.12. The van der Waals surface area contributed by atoms with Gasteiger partial charge in [0.05, 0.1) is 5.69 Å². The van der Waals surface area contributed by atoms with Crippen molar-refractivity contribution in [2.75, 3.05) is 5.32 Å². The van der Waals surface area contributed by atoms with Gasteiger partial charge in [0.1, 0.15) is 0 Å². The van der Waals surface area contributed by atoms with E-state index in [0.29, 0.717) is 23.3 Å². The van der Waals surface area contributed by atoms with Crippen molar-refractivity contribution in [3.63, 3.8) is 0 Å². The van der Waals surface area contributed by atoms with Crippen LogP contribution >= 0.6 is 11.3 Å². The van der Waals surface area contributed by atoms with Crippen molar-refractivity contribution in [1.29, 1.82) is 0 Å². The number of aromatic nitrogens is 3. The normalized spacial score (nSPS) is 10.8. The van der Waals surface area contributed by atoms with Crippen LogP contribution < -0.4 is 5.32 Å². The number of hydrogen-bond acceptors (Lipinski definition) is 6. The molecule has 0 aliphatic carbocycles. The molecule has 0 fully saturated rings. The highest BCUT2D eigenvalue weighted by atomic mass is 32.1. The zero-order chi connectivity index (χ0) is 20.2. The molecule has 2 aromatic heterocycles. The highest BCUT2D eigenvalue weighted by molar-refractivity contribution is 7.14. The first kappa shape index (κ1) is 19.0. The first-order chi connectivity index (χ1) is 14.1. The fourth-order valence-corrected chi connectivity index (χ4v) is 3.56. The fourth-order valence-electron chi connectivity index (χ4n) is 2.83. The van der Waals surface area contributed by atoms with Gasteiger partial charge in [-0.15, -0.1) is 11.3 Å². The Labute approximate surface area is 172 Å².